The molecule has 0 bridgehead atoms. The minimum Gasteiger partial charge on any atom is -0.488 e. The summed E-state index contributed by atoms with van der Waals surface area (Å²) in [4.78, 5) is 0. The molecule has 0 aliphatic carbocycles. The second kappa shape index (κ2) is 8.52. The molecule has 6 heteroatoms. The quantitative estimate of drug-likeness (QED) is 0.366. The third-order valence-electron chi connectivity index (χ3n) is 5.31. The summed E-state index contributed by atoms with van der Waals surface area (Å²) < 4.78 is 22.5. The molecule has 0 radical (unpaired) electrons. The zero-order valence-electron chi connectivity index (χ0n) is 17.6. The van der Waals surface area contributed by atoms with Crippen molar-refractivity contribution in [2.45, 2.75) is 32.5 Å². The molecule has 0 aliphatic heterocycles. The summed E-state index contributed by atoms with van der Waals surface area (Å²) in [5, 5.41) is 0. The second-order valence-corrected chi connectivity index (χ2v) is 7.98. The van der Waals surface area contributed by atoms with Crippen LogP contribution in [-0.2, 0) is 18.6 Å². The van der Waals surface area contributed by atoms with E-state index in [9.17, 15) is 0 Å². The van der Waals surface area contributed by atoms with E-state index in [0.29, 0.717) is 36.1 Å². The van der Waals surface area contributed by atoms with Gasteiger partial charge in [-0.25, -0.2) is 0 Å². The van der Waals surface area contributed by atoms with Gasteiger partial charge >= 0.3 is 0 Å². The molecule has 0 spiro atoms. The van der Waals surface area contributed by atoms with E-state index in [1.165, 1.54) is 0 Å². The highest BCUT2D eigenvalue weighted by molar-refractivity contribution is 5.58. The van der Waals surface area contributed by atoms with Crippen molar-refractivity contribution in [3.8, 4) is 11.5 Å². The fourth-order valence-corrected chi connectivity index (χ4v) is 3.57. The molecule has 160 valence electrons. The van der Waals surface area contributed by atoms with Gasteiger partial charge < -0.3 is 29.8 Å². The Kier molecular flexibility index (Phi) is 5.62. The number of nitrogen functional groups attached to an aromatic ring is 2. The van der Waals surface area contributed by atoms with E-state index in [1.54, 1.807) is 25.1 Å². The Morgan fingerprint density at radius 2 is 1.16 bits per heavy atom. The van der Waals surface area contributed by atoms with E-state index in [0.717, 1.165) is 22.3 Å². The van der Waals surface area contributed by atoms with Gasteiger partial charge in [-0.15, -0.1) is 0 Å². The van der Waals surface area contributed by atoms with Crippen LogP contribution in [0.1, 0.15) is 36.1 Å². The van der Waals surface area contributed by atoms with Crippen LogP contribution in [0.25, 0.3) is 0 Å². The summed E-state index contributed by atoms with van der Waals surface area (Å²) in [5.41, 5.74) is 16.8. The largest absolute Gasteiger partial charge is 0.488 e. The van der Waals surface area contributed by atoms with Gasteiger partial charge in [0.05, 0.1) is 25.1 Å². The van der Waals surface area contributed by atoms with E-state index in [4.69, 9.17) is 29.8 Å². The molecule has 0 unspecified atom stereocenters. The average Bonchev–Trinajstić information content (AvgIpc) is 3.44. The van der Waals surface area contributed by atoms with Crippen LogP contribution in [0.15, 0.2) is 82.4 Å². The van der Waals surface area contributed by atoms with Crippen LogP contribution >= 0.6 is 0 Å². The number of hydrogen-bond donors (Lipinski definition) is 2. The SMILES string of the molecule is CC(C)(c1ccc(N)cc1OCc1ccoc1)c1ccc(N)cc1OCc1ccoc1. The lowest BCUT2D eigenvalue weighted by atomic mass is 9.77. The van der Waals surface area contributed by atoms with Gasteiger partial charge in [0, 0.05) is 51.2 Å². The molecule has 0 amide bonds. The Hall–Kier alpha value is -3.80. The van der Waals surface area contributed by atoms with Gasteiger partial charge in [-0.3, -0.25) is 0 Å². The lowest BCUT2D eigenvalue weighted by Gasteiger charge is -2.30. The van der Waals surface area contributed by atoms with Crippen LogP contribution in [0.2, 0.25) is 0 Å². The van der Waals surface area contributed by atoms with Gasteiger partial charge in [-0.05, 0) is 24.3 Å². The zero-order chi connectivity index (χ0) is 21.8. The Labute approximate surface area is 181 Å². The second-order valence-electron chi connectivity index (χ2n) is 7.98. The number of rotatable bonds is 8. The van der Waals surface area contributed by atoms with Crippen LogP contribution in [0, 0.1) is 0 Å². The highest BCUT2D eigenvalue weighted by Crippen LogP contribution is 2.43. The Morgan fingerprint density at radius 1 is 0.710 bits per heavy atom. The predicted molar refractivity (Wildman–Crippen MR) is 120 cm³/mol. The lowest BCUT2D eigenvalue weighted by molar-refractivity contribution is 0.290. The number of hydrogen-bond acceptors (Lipinski definition) is 6. The van der Waals surface area contributed by atoms with Crippen LogP contribution in [0.3, 0.4) is 0 Å². The maximum atomic E-state index is 6.13. The van der Waals surface area contributed by atoms with Crippen molar-refractivity contribution >= 4 is 11.4 Å². The van der Waals surface area contributed by atoms with Gasteiger partial charge in [-0.2, -0.15) is 0 Å². The minimum atomic E-state index is -0.446. The number of anilines is 2. The molecule has 31 heavy (non-hydrogen) atoms. The summed E-state index contributed by atoms with van der Waals surface area (Å²) in [6, 6.07) is 15.2. The van der Waals surface area contributed by atoms with Crippen molar-refractivity contribution in [1.29, 1.82) is 0 Å². The van der Waals surface area contributed by atoms with Gasteiger partial charge in [0.25, 0.3) is 0 Å². The Bertz CT molecular complexity index is 1040. The monoisotopic (exact) mass is 418 g/mol. The molecule has 4 aromatic rings. The van der Waals surface area contributed by atoms with Crippen LogP contribution < -0.4 is 20.9 Å². The van der Waals surface area contributed by atoms with Crippen LogP contribution in [0.4, 0.5) is 11.4 Å². The Balaban J connectivity index is 1.67. The fourth-order valence-electron chi connectivity index (χ4n) is 3.57. The van der Waals surface area contributed by atoms with Gasteiger partial charge in [0.1, 0.15) is 24.7 Å². The molecule has 0 saturated carbocycles. The molecule has 2 aromatic carbocycles. The lowest BCUT2D eigenvalue weighted by Crippen LogP contribution is -2.22. The molecule has 0 atom stereocenters. The smallest absolute Gasteiger partial charge is 0.125 e. The number of furan rings is 2. The van der Waals surface area contributed by atoms with Gasteiger partial charge in [0.2, 0.25) is 0 Å². The molecule has 0 aliphatic rings. The highest BCUT2D eigenvalue weighted by Gasteiger charge is 2.30. The molecule has 6 nitrogen and oxygen atoms in total. The summed E-state index contributed by atoms with van der Waals surface area (Å²) in [6.45, 7) is 5.02. The normalized spacial score (nSPS) is 11.4. The van der Waals surface area contributed by atoms with Gasteiger partial charge in [-0.1, -0.05) is 26.0 Å². The van der Waals surface area contributed by atoms with Crippen LogP contribution in [-0.4, -0.2) is 0 Å². The highest BCUT2D eigenvalue weighted by atomic mass is 16.5. The van der Waals surface area contributed by atoms with E-state index in [1.807, 2.05) is 48.5 Å². The molecule has 0 saturated heterocycles. The van der Waals surface area contributed by atoms with E-state index >= 15 is 0 Å². The molecule has 2 heterocycles. The summed E-state index contributed by atoms with van der Waals surface area (Å²) in [7, 11) is 0. The third-order valence-corrected chi connectivity index (χ3v) is 5.31. The molecular weight excluding hydrogens is 392 g/mol. The molecular formula is C25H26N2O4. The first kappa shape index (κ1) is 20.5. The van der Waals surface area contributed by atoms with Crippen molar-refractivity contribution in [2.24, 2.45) is 0 Å². The Morgan fingerprint density at radius 3 is 1.55 bits per heavy atom. The fraction of sp³-hybridized carbons (Fsp3) is 0.200. The van der Waals surface area contributed by atoms with Gasteiger partial charge in [0.15, 0.2) is 0 Å². The van der Waals surface area contributed by atoms with Crippen molar-refractivity contribution < 1.29 is 18.3 Å². The number of benzene rings is 2. The number of ether oxygens (including phenoxy) is 2. The maximum absolute atomic E-state index is 6.13. The van der Waals surface area contributed by atoms with Crippen molar-refractivity contribution in [1.82, 2.24) is 0 Å². The first-order chi connectivity index (χ1) is 14.9. The van der Waals surface area contributed by atoms with Crippen molar-refractivity contribution in [3.05, 3.63) is 95.8 Å². The molecule has 0 fully saturated rings. The predicted octanol–water partition coefficient (Wildman–Crippen LogP) is 5.52. The van der Waals surface area contributed by atoms with E-state index in [2.05, 4.69) is 13.8 Å². The maximum Gasteiger partial charge on any atom is 0.125 e. The first-order valence-corrected chi connectivity index (χ1v) is 10.0. The number of nitrogens with two attached hydrogens (primary N) is 2. The molecule has 2 aromatic heterocycles. The molecule has 4 rings (SSSR count). The van der Waals surface area contributed by atoms with Crippen LogP contribution in [0.5, 0.6) is 11.5 Å². The summed E-state index contributed by atoms with van der Waals surface area (Å²) in [6.07, 6.45) is 6.58. The molecule has 4 N–H and O–H groups in total. The third kappa shape index (κ3) is 4.53. The zero-order valence-corrected chi connectivity index (χ0v) is 17.6. The summed E-state index contributed by atoms with van der Waals surface area (Å²) >= 11 is 0. The van der Waals surface area contributed by atoms with E-state index < -0.39 is 5.41 Å². The standard InChI is InChI=1S/C25H26N2O4/c1-25(2,21-5-3-19(26)11-23(21)30-15-17-7-9-28-13-17)22-6-4-20(27)12-24(22)31-16-18-8-10-29-14-18/h3-14H,15-16,26-27H2,1-2H3. The summed E-state index contributed by atoms with van der Waals surface area (Å²) in [5.74, 6) is 1.42. The minimum absolute atomic E-state index is 0.384. The topological polar surface area (TPSA) is 96.8 Å². The average molecular weight is 418 g/mol. The van der Waals surface area contributed by atoms with Crippen molar-refractivity contribution in [3.63, 3.8) is 0 Å². The van der Waals surface area contributed by atoms with E-state index in [-0.39, 0.29) is 0 Å². The van der Waals surface area contributed by atoms with Crippen molar-refractivity contribution in [2.75, 3.05) is 11.5 Å². The first-order valence-electron chi connectivity index (χ1n) is 10.0.